The molecule has 3 heteroatoms. The van der Waals surface area contributed by atoms with Crippen LogP contribution in [0.4, 0.5) is 0 Å². The number of alkyl halides is 1. The molecule has 136 valence electrons. The molecule has 3 aromatic carbocycles. The third-order valence-electron chi connectivity index (χ3n) is 5.19. The van der Waals surface area contributed by atoms with E-state index in [-0.39, 0.29) is 11.2 Å². The lowest BCUT2D eigenvalue weighted by atomic mass is 9.97. The first kappa shape index (κ1) is 17.8. The number of benzene rings is 3. The number of aromatic nitrogens is 1. The van der Waals surface area contributed by atoms with Crippen LogP contribution >= 0.6 is 11.6 Å². The van der Waals surface area contributed by atoms with Crippen molar-refractivity contribution in [3.8, 4) is 0 Å². The molecule has 27 heavy (non-hydrogen) atoms. The van der Waals surface area contributed by atoms with Crippen LogP contribution in [-0.4, -0.2) is 15.7 Å². The van der Waals surface area contributed by atoms with Gasteiger partial charge < -0.3 is 4.57 Å². The number of para-hydroxylation sites is 1. The second-order valence-electron chi connectivity index (χ2n) is 6.90. The van der Waals surface area contributed by atoms with Crippen LogP contribution in [0.15, 0.2) is 72.9 Å². The summed E-state index contributed by atoms with van der Waals surface area (Å²) in [6, 6.07) is 22.1. The smallest absolute Gasteiger partial charge is 0.195 e. The highest BCUT2D eigenvalue weighted by Crippen LogP contribution is 2.27. The van der Waals surface area contributed by atoms with E-state index < -0.39 is 0 Å². The van der Waals surface area contributed by atoms with Gasteiger partial charge in [-0.15, -0.1) is 11.6 Å². The largest absolute Gasteiger partial charge is 0.347 e. The molecule has 0 amide bonds. The number of hydrogen-bond acceptors (Lipinski definition) is 1. The molecule has 0 N–H and O–H groups in total. The van der Waals surface area contributed by atoms with Crippen molar-refractivity contribution in [2.45, 2.75) is 31.7 Å². The van der Waals surface area contributed by atoms with Crippen LogP contribution in [0.25, 0.3) is 21.7 Å². The van der Waals surface area contributed by atoms with Gasteiger partial charge in [-0.2, -0.15) is 0 Å². The van der Waals surface area contributed by atoms with Crippen molar-refractivity contribution in [1.29, 1.82) is 0 Å². The second kappa shape index (κ2) is 7.58. The molecular formula is C24H22ClNO. The second-order valence-corrected chi connectivity index (χ2v) is 7.52. The first-order valence-electron chi connectivity index (χ1n) is 9.43. The lowest BCUT2D eigenvalue weighted by Crippen LogP contribution is -2.05. The zero-order chi connectivity index (χ0) is 18.8. The maximum absolute atomic E-state index is 13.4. The summed E-state index contributed by atoms with van der Waals surface area (Å²) in [4.78, 5) is 13.4. The van der Waals surface area contributed by atoms with E-state index in [9.17, 15) is 4.79 Å². The maximum Gasteiger partial charge on any atom is 0.195 e. The Morgan fingerprint density at radius 3 is 2.44 bits per heavy atom. The highest BCUT2D eigenvalue weighted by Gasteiger charge is 2.18. The Morgan fingerprint density at radius 2 is 1.63 bits per heavy atom. The Bertz CT molecular complexity index is 1110. The molecule has 1 aromatic heterocycles. The van der Waals surface area contributed by atoms with Gasteiger partial charge >= 0.3 is 0 Å². The monoisotopic (exact) mass is 375 g/mol. The van der Waals surface area contributed by atoms with Crippen molar-refractivity contribution in [3.63, 3.8) is 0 Å². The molecule has 0 aliphatic rings. The number of rotatable bonds is 6. The summed E-state index contributed by atoms with van der Waals surface area (Å²) >= 11 is 6.32. The molecule has 0 spiro atoms. The third kappa shape index (κ3) is 3.38. The minimum absolute atomic E-state index is 0.0691. The van der Waals surface area contributed by atoms with Crippen molar-refractivity contribution in [2.75, 3.05) is 0 Å². The molecule has 0 fully saturated rings. The molecule has 0 radical (unpaired) electrons. The number of carbonyl (C=O) groups excluding carboxylic acids is 1. The first-order chi connectivity index (χ1) is 13.2. The SMILES string of the molecule is CC[C@H](Cl)CCn1cc(C(=O)c2cccc3ccccc23)c2ccccc21. The van der Waals surface area contributed by atoms with E-state index >= 15 is 0 Å². The summed E-state index contributed by atoms with van der Waals surface area (Å²) in [6.07, 6.45) is 3.83. The zero-order valence-electron chi connectivity index (χ0n) is 15.4. The molecule has 0 bridgehead atoms. The van der Waals surface area contributed by atoms with Crippen LogP contribution in [0.3, 0.4) is 0 Å². The maximum atomic E-state index is 13.4. The number of aryl methyl sites for hydroxylation is 1. The summed E-state index contributed by atoms with van der Waals surface area (Å²) in [5.74, 6) is 0.0691. The van der Waals surface area contributed by atoms with Gasteiger partial charge in [0.25, 0.3) is 0 Å². The lowest BCUT2D eigenvalue weighted by molar-refractivity contribution is 0.104. The summed E-state index contributed by atoms with van der Waals surface area (Å²) in [5, 5.41) is 3.23. The van der Waals surface area contributed by atoms with Gasteiger partial charge in [0, 0.05) is 40.1 Å². The van der Waals surface area contributed by atoms with Crippen LogP contribution in [0, 0.1) is 0 Å². The average Bonchev–Trinajstić information content (AvgIpc) is 3.10. The van der Waals surface area contributed by atoms with Crippen molar-refractivity contribution in [3.05, 3.63) is 84.1 Å². The molecule has 0 saturated heterocycles. The van der Waals surface area contributed by atoms with E-state index in [2.05, 4.69) is 17.6 Å². The van der Waals surface area contributed by atoms with Gasteiger partial charge in [0.15, 0.2) is 5.78 Å². The molecule has 4 aromatic rings. The van der Waals surface area contributed by atoms with Crippen molar-refractivity contribution < 1.29 is 4.79 Å². The number of fused-ring (bicyclic) bond motifs is 2. The van der Waals surface area contributed by atoms with Crippen molar-refractivity contribution in [2.24, 2.45) is 0 Å². The van der Waals surface area contributed by atoms with Gasteiger partial charge in [-0.1, -0.05) is 67.6 Å². The normalized spacial score (nSPS) is 12.5. The van der Waals surface area contributed by atoms with Crippen LogP contribution < -0.4 is 0 Å². The van der Waals surface area contributed by atoms with E-state index in [4.69, 9.17) is 11.6 Å². The summed E-state index contributed by atoms with van der Waals surface area (Å²) in [6.45, 7) is 2.91. The predicted octanol–water partition coefficient (Wildman–Crippen LogP) is 6.43. The van der Waals surface area contributed by atoms with Gasteiger partial charge in [0.2, 0.25) is 0 Å². The fraction of sp³-hybridized carbons (Fsp3) is 0.208. The quantitative estimate of drug-likeness (QED) is 0.281. The highest BCUT2D eigenvalue weighted by atomic mass is 35.5. The topological polar surface area (TPSA) is 22.0 Å². The Labute approximate surface area is 164 Å². The van der Waals surface area contributed by atoms with E-state index in [0.717, 1.165) is 52.2 Å². The number of carbonyl (C=O) groups is 1. The number of hydrogen-bond donors (Lipinski definition) is 0. The highest BCUT2D eigenvalue weighted by molar-refractivity contribution is 6.21. The Hall–Kier alpha value is -2.58. The van der Waals surface area contributed by atoms with Crippen molar-refractivity contribution >= 4 is 39.1 Å². The number of nitrogens with zero attached hydrogens (tertiary/aromatic N) is 1. The molecule has 1 atom stereocenters. The van der Waals surface area contributed by atoms with Gasteiger partial charge in [0.05, 0.1) is 0 Å². The Morgan fingerprint density at radius 1 is 0.926 bits per heavy atom. The van der Waals surface area contributed by atoms with E-state index in [0.29, 0.717) is 0 Å². The lowest BCUT2D eigenvalue weighted by Gasteiger charge is -2.08. The fourth-order valence-corrected chi connectivity index (χ4v) is 3.76. The molecule has 1 heterocycles. The van der Waals surface area contributed by atoms with Crippen LogP contribution in [0.1, 0.15) is 35.7 Å². The third-order valence-corrected chi connectivity index (χ3v) is 5.72. The van der Waals surface area contributed by atoms with Gasteiger partial charge in [-0.3, -0.25) is 4.79 Å². The first-order valence-corrected chi connectivity index (χ1v) is 9.87. The summed E-state index contributed by atoms with van der Waals surface area (Å²) < 4.78 is 2.17. The minimum atomic E-state index is 0.0691. The Balaban J connectivity index is 1.80. The molecular weight excluding hydrogens is 354 g/mol. The van der Waals surface area contributed by atoms with Crippen LogP contribution in [0.2, 0.25) is 0 Å². The predicted molar refractivity (Wildman–Crippen MR) is 114 cm³/mol. The van der Waals surface area contributed by atoms with E-state index in [1.54, 1.807) is 0 Å². The van der Waals surface area contributed by atoms with E-state index in [1.165, 1.54) is 0 Å². The standard InChI is InChI=1S/C24H22ClNO/c1-2-18(25)14-15-26-16-22(20-11-5-6-13-23(20)26)24(27)21-12-7-9-17-8-3-4-10-19(17)21/h3-13,16,18H,2,14-15H2,1H3/t18-/m0/s1. The van der Waals surface area contributed by atoms with E-state index in [1.807, 2.05) is 66.9 Å². The Kier molecular flexibility index (Phi) is 5.00. The molecule has 0 unspecified atom stereocenters. The summed E-state index contributed by atoms with van der Waals surface area (Å²) in [5.41, 5.74) is 2.59. The van der Waals surface area contributed by atoms with Crippen LogP contribution in [-0.2, 0) is 6.54 Å². The molecule has 0 aliphatic heterocycles. The van der Waals surface area contributed by atoms with Gasteiger partial charge in [-0.25, -0.2) is 0 Å². The number of halogens is 1. The fourth-order valence-electron chi connectivity index (χ4n) is 3.66. The zero-order valence-corrected chi connectivity index (χ0v) is 16.1. The average molecular weight is 376 g/mol. The molecule has 0 aliphatic carbocycles. The molecule has 2 nitrogen and oxygen atoms in total. The number of ketones is 1. The van der Waals surface area contributed by atoms with Crippen LogP contribution in [0.5, 0.6) is 0 Å². The molecule has 0 saturated carbocycles. The van der Waals surface area contributed by atoms with Gasteiger partial charge in [-0.05, 0) is 29.7 Å². The molecule has 4 rings (SSSR count). The van der Waals surface area contributed by atoms with Crippen molar-refractivity contribution in [1.82, 2.24) is 4.57 Å². The van der Waals surface area contributed by atoms with Gasteiger partial charge in [0.1, 0.15) is 0 Å². The minimum Gasteiger partial charge on any atom is -0.347 e. The summed E-state index contributed by atoms with van der Waals surface area (Å²) in [7, 11) is 0.